The molecule has 2 aromatic carbocycles. The van der Waals surface area contributed by atoms with E-state index in [9.17, 15) is 13.2 Å². The number of benzene rings is 2. The fourth-order valence-corrected chi connectivity index (χ4v) is 4.12. The van der Waals surface area contributed by atoms with Crippen LogP contribution in [-0.4, -0.2) is 27.4 Å². The third kappa shape index (κ3) is 2.82. The van der Waals surface area contributed by atoms with Gasteiger partial charge in [-0.2, -0.15) is 0 Å². The molecular weight excluding hydrogens is 314 g/mol. The summed E-state index contributed by atoms with van der Waals surface area (Å²) in [6, 6.07) is 11.6. The van der Waals surface area contributed by atoms with Crippen molar-refractivity contribution in [2.75, 3.05) is 17.5 Å². The van der Waals surface area contributed by atoms with Crippen LogP contribution in [0.4, 0.5) is 5.69 Å². The van der Waals surface area contributed by atoms with Gasteiger partial charge >= 0.3 is 0 Å². The number of hydrogen-bond donors (Lipinski definition) is 0. The maximum atomic E-state index is 13.0. The summed E-state index contributed by atoms with van der Waals surface area (Å²) in [5.41, 5.74) is 1.74. The zero-order chi connectivity index (χ0) is 16.6. The van der Waals surface area contributed by atoms with Gasteiger partial charge < -0.3 is 4.74 Å². The summed E-state index contributed by atoms with van der Waals surface area (Å²) < 4.78 is 32.8. The molecule has 0 atom stereocenters. The summed E-state index contributed by atoms with van der Waals surface area (Å²) >= 11 is 0. The van der Waals surface area contributed by atoms with E-state index in [1.54, 1.807) is 36.4 Å². The van der Waals surface area contributed by atoms with Crippen LogP contribution in [0.2, 0.25) is 0 Å². The van der Waals surface area contributed by atoms with Gasteiger partial charge in [0.05, 0.1) is 17.1 Å². The number of fused-ring (bicyclic) bond motifs is 1. The van der Waals surface area contributed by atoms with Gasteiger partial charge in [0.1, 0.15) is 12.4 Å². The molecule has 0 amide bonds. The van der Waals surface area contributed by atoms with Crippen LogP contribution in [0.25, 0.3) is 0 Å². The zero-order valence-corrected chi connectivity index (χ0v) is 13.8. The van der Waals surface area contributed by atoms with Gasteiger partial charge in [-0.15, -0.1) is 0 Å². The Morgan fingerprint density at radius 1 is 1.17 bits per heavy atom. The van der Waals surface area contributed by atoms with E-state index in [1.165, 1.54) is 11.2 Å². The highest BCUT2D eigenvalue weighted by atomic mass is 32.2. The molecule has 1 heterocycles. The van der Waals surface area contributed by atoms with Crippen LogP contribution >= 0.6 is 0 Å². The first-order valence-corrected chi connectivity index (χ1v) is 8.71. The topological polar surface area (TPSA) is 63.7 Å². The minimum atomic E-state index is -3.70. The molecule has 23 heavy (non-hydrogen) atoms. The molecular formula is C17H17NO4S. The van der Waals surface area contributed by atoms with Gasteiger partial charge in [-0.05, 0) is 49.7 Å². The Balaban J connectivity index is 2.12. The van der Waals surface area contributed by atoms with E-state index < -0.39 is 10.0 Å². The van der Waals surface area contributed by atoms with Crippen molar-refractivity contribution < 1.29 is 17.9 Å². The molecule has 0 N–H and O–H groups in total. The molecule has 0 saturated carbocycles. The Hall–Kier alpha value is -2.34. The molecule has 0 spiro atoms. The Bertz CT molecular complexity index is 874. The SMILES string of the molecule is CC(=O)c1ccc2c(c1)N(S(=O)(=O)c1cccc(C)c1)CCO2. The molecule has 0 bridgehead atoms. The standard InChI is InChI=1S/C17H17NO4S/c1-12-4-3-5-15(10-12)23(20,21)18-8-9-22-17-7-6-14(13(2)19)11-16(17)18/h3-7,10-11H,8-9H2,1-2H3. The van der Waals surface area contributed by atoms with Crippen molar-refractivity contribution >= 4 is 21.5 Å². The second kappa shape index (κ2) is 5.70. The molecule has 1 aliphatic heterocycles. The van der Waals surface area contributed by atoms with Gasteiger partial charge in [-0.3, -0.25) is 9.10 Å². The van der Waals surface area contributed by atoms with Crippen molar-refractivity contribution in [3.63, 3.8) is 0 Å². The van der Waals surface area contributed by atoms with E-state index >= 15 is 0 Å². The van der Waals surface area contributed by atoms with Gasteiger partial charge in [-0.1, -0.05) is 12.1 Å². The van der Waals surface area contributed by atoms with Gasteiger partial charge in [0.2, 0.25) is 0 Å². The smallest absolute Gasteiger partial charge is 0.264 e. The van der Waals surface area contributed by atoms with Crippen molar-refractivity contribution in [2.24, 2.45) is 0 Å². The van der Waals surface area contributed by atoms with E-state index in [0.29, 0.717) is 17.0 Å². The van der Waals surface area contributed by atoms with Gasteiger partial charge in [0.25, 0.3) is 10.0 Å². The zero-order valence-electron chi connectivity index (χ0n) is 12.9. The third-order valence-electron chi connectivity index (χ3n) is 3.76. The molecule has 6 heteroatoms. The van der Waals surface area contributed by atoms with E-state index in [0.717, 1.165) is 5.56 Å². The van der Waals surface area contributed by atoms with Crippen LogP contribution in [-0.2, 0) is 10.0 Å². The molecule has 0 saturated heterocycles. The molecule has 0 unspecified atom stereocenters. The first-order valence-electron chi connectivity index (χ1n) is 7.27. The third-order valence-corrected chi connectivity index (χ3v) is 5.57. The average Bonchev–Trinajstić information content (AvgIpc) is 2.53. The summed E-state index contributed by atoms with van der Waals surface area (Å²) in [7, 11) is -3.70. The number of hydrogen-bond acceptors (Lipinski definition) is 4. The van der Waals surface area contributed by atoms with Gasteiger partial charge in [0.15, 0.2) is 5.78 Å². The number of carbonyl (C=O) groups excluding carboxylic acids is 1. The van der Waals surface area contributed by atoms with Gasteiger partial charge in [0, 0.05) is 5.56 Å². The molecule has 5 nitrogen and oxygen atoms in total. The minimum absolute atomic E-state index is 0.119. The maximum absolute atomic E-state index is 13.0. The lowest BCUT2D eigenvalue weighted by Gasteiger charge is -2.30. The average molecular weight is 331 g/mol. The summed E-state index contributed by atoms with van der Waals surface area (Å²) in [5.74, 6) is 0.351. The summed E-state index contributed by atoms with van der Waals surface area (Å²) in [6.45, 7) is 3.78. The molecule has 120 valence electrons. The van der Waals surface area contributed by atoms with Crippen molar-refractivity contribution in [3.05, 3.63) is 53.6 Å². The number of nitrogens with zero attached hydrogens (tertiary/aromatic N) is 1. The fourth-order valence-electron chi connectivity index (χ4n) is 2.56. The normalized spacial score (nSPS) is 14.1. The highest BCUT2D eigenvalue weighted by molar-refractivity contribution is 7.92. The second-order valence-corrected chi connectivity index (χ2v) is 7.34. The summed E-state index contributed by atoms with van der Waals surface area (Å²) in [6.07, 6.45) is 0. The quantitative estimate of drug-likeness (QED) is 0.811. The molecule has 1 aliphatic rings. The van der Waals surface area contributed by atoms with E-state index in [1.807, 2.05) is 13.0 Å². The Kier molecular flexibility index (Phi) is 3.85. The number of rotatable bonds is 3. The van der Waals surface area contributed by atoms with E-state index in [4.69, 9.17) is 4.74 Å². The van der Waals surface area contributed by atoms with Crippen molar-refractivity contribution in [1.82, 2.24) is 0 Å². The number of aryl methyl sites for hydroxylation is 1. The van der Waals surface area contributed by atoms with Crippen molar-refractivity contribution in [3.8, 4) is 5.75 Å². The number of sulfonamides is 1. The lowest BCUT2D eigenvalue weighted by molar-refractivity contribution is 0.101. The van der Waals surface area contributed by atoms with Crippen LogP contribution < -0.4 is 9.04 Å². The maximum Gasteiger partial charge on any atom is 0.264 e. The van der Waals surface area contributed by atoms with Crippen LogP contribution in [0, 0.1) is 6.92 Å². The van der Waals surface area contributed by atoms with Crippen LogP contribution in [0.15, 0.2) is 47.4 Å². The Labute approximate surface area is 135 Å². The minimum Gasteiger partial charge on any atom is -0.489 e. The fraction of sp³-hybridized carbons (Fsp3) is 0.235. The second-order valence-electron chi connectivity index (χ2n) is 5.48. The summed E-state index contributed by atoms with van der Waals surface area (Å²) in [4.78, 5) is 11.8. The van der Waals surface area contributed by atoms with Crippen LogP contribution in [0.3, 0.4) is 0 Å². The highest BCUT2D eigenvalue weighted by Gasteiger charge is 2.30. The Morgan fingerprint density at radius 3 is 2.65 bits per heavy atom. The summed E-state index contributed by atoms with van der Waals surface area (Å²) in [5, 5.41) is 0. The van der Waals surface area contributed by atoms with Crippen LogP contribution in [0.1, 0.15) is 22.8 Å². The highest BCUT2D eigenvalue weighted by Crippen LogP contribution is 2.36. The predicted octanol–water partition coefficient (Wildman–Crippen LogP) is 2.79. The van der Waals surface area contributed by atoms with Crippen molar-refractivity contribution in [2.45, 2.75) is 18.7 Å². The number of anilines is 1. The van der Waals surface area contributed by atoms with Crippen molar-refractivity contribution in [1.29, 1.82) is 0 Å². The lowest BCUT2D eigenvalue weighted by atomic mass is 10.1. The van der Waals surface area contributed by atoms with E-state index in [2.05, 4.69) is 0 Å². The molecule has 0 aromatic heterocycles. The monoisotopic (exact) mass is 331 g/mol. The molecule has 2 aromatic rings. The Morgan fingerprint density at radius 2 is 1.96 bits per heavy atom. The lowest BCUT2D eigenvalue weighted by Crippen LogP contribution is -2.38. The number of ether oxygens (including phenoxy) is 1. The molecule has 0 aliphatic carbocycles. The molecule has 3 rings (SSSR count). The van der Waals surface area contributed by atoms with Gasteiger partial charge in [-0.25, -0.2) is 8.42 Å². The number of ketones is 1. The first-order chi connectivity index (χ1) is 10.9. The number of Topliss-reactive ketones (excluding diaryl/α,β-unsaturated/α-hetero) is 1. The predicted molar refractivity (Wildman–Crippen MR) is 87.7 cm³/mol. The number of carbonyl (C=O) groups is 1. The van der Waals surface area contributed by atoms with E-state index in [-0.39, 0.29) is 23.8 Å². The molecule has 0 fully saturated rings. The largest absolute Gasteiger partial charge is 0.489 e. The molecule has 0 radical (unpaired) electrons. The first kappa shape index (κ1) is 15.6. The van der Waals surface area contributed by atoms with Crippen LogP contribution in [0.5, 0.6) is 5.75 Å².